The van der Waals surface area contributed by atoms with Crippen molar-refractivity contribution in [1.82, 2.24) is 14.8 Å². The minimum Gasteiger partial charge on any atom is -0.457 e. The summed E-state index contributed by atoms with van der Waals surface area (Å²) in [5.74, 6) is 0.116. The van der Waals surface area contributed by atoms with E-state index in [-0.39, 0.29) is 18.1 Å². The highest BCUT2D eigenvalue weighted by Gasteiger charge is 2.17. The highest BCUT2D eigenvalue weighted by Crippen LogP contribution is 2.25. The summed E-state index contributed by atoms with van der Waals surface area (Å²) >= 11 is 7.20. The molecule has 8 heteroatoms. The number of aryl methyl sites for hydroxylation is 2. The number of fused-ring (bicyclic) bond motifs is 1. The Labute approximate surface area is 190 Å². The molecule has 0 N–H and O–H groups in total. The number of ketones is 1. The van der Waals surface area contributed by atoms with E-state index in [1.807, 2.05) is 41.8 Å². The molecule has 1 aliphatic carbocycles. The average Bonchev–Trinajstić information content (AvgIpc) is 3.42. The van der Waals surface area contributed by atoms with Crippen molar-refractivity contribution >= 4 is 35.1 Å². The van der Waals surface area contributed by atoms with E-state index in [1.165, 1.54) is 22.9 Å². The van der Waals surface area contributed by atoms with E-state index in [0.29, 0.717) is 28.1 Å². The lowest BCUT2D eigenvalue weighted by Crippen LogP contribution is -2.16. The minimum absolute atomic E-state index is 0.0518. The van der Waals surface area contributed by atoms with Crippen LogP contribution >= 0.6 is 23.4 Å². The number of halogens is 1. The van der Waals surface area contributed by atoms with Gasteiger partial charge in [0.25, 0.3) is 0 Å². The predicted molar refractivity (Wildman–Crippen MR) is 121 cm³/mol. The van der Waals surface area contributed by atoms with Gasteiger partial charge in [-0.3, -0.25) is 9.59 Å². The van der Waals surface area contributed by atoms with Gasteiger partial charge in [-0.25, -0.2) is 0 Å². The van der Waals surface area contributed by atoms with Crippen molar-refractivity contribution in [3.05, 3.63) is 64.2 Å². The molecule has 0 bridgehead atoms. The minimum atomic E-state index is -0.460. The van der Waals surface area contributed by atoms with E-state index < -0.39 is 5.97 Å². The van der Waals surface area contributed by atoms with Crippen molar-refractivity contribution in [1.29, 1.82) is 0 Å². The van der Waals surface area contributed by atoms with Crippen molar-refractivity contribution in [3.8, 4) is 11.4 Å². The van der Waals surface area contributed by atoms with Crippen LogP contribution in [0.15, 0.2) is 47.6 Å². The van der Waals surface area contributed by atoms with Crippen molar-refractivity contribution < 1.29 is 14.3 Å². The first-order valence-corrected chi connectivity index (χ1v) is 11.5. The summed E-state index contributed by atoms with van der Waals surface area (Å²) in [5.41, 5.74) is 4.03. The van der Waals surface area contributed by atoms with Crippen LogP contribution in [-0.4, -0.2) is 38.9 Å². The second kappa shape index (κ2) is 9.66. The molecule has 1 aliphatic rings. The number of nitrogens with zero attached hydrogens (tertiary/aromatic N) is 3. The largest absolute Gasteiger partial charge is 0.457 e. The average molecular weight is 456 g/mol. The van der Waals surface area contributed by atoms with Gasteiger partial charge < -0.3 is 9.30 Å². The zero-order valence-corrected chi connectivity index (χ0v) is 18.7. The molecule has 0 radical (unpaired) electrons. The Hall–Kier alpha value is -2.64. The van der Waals surface area contributed by atoms with Crippen molar-refractivity contribution in [2.45, 2.75) is 37.9 Å². The van der Waals surface area contributed by atoms with E-state index in [0.717, 1.165) is 24.8 Å². The summed E-state index contributed by atoms with van der Waals surface area (Å²) in [6.07, 6.45) is 3.20. The second-order valence-electron chi connectivity index (χ2n) is 7.27. The Morgan fingerprint density at radius 3 is 2.65 bits per heavy atom. The van der Waals surface area contributed by atoms with E-state index in [9.17, 15) is 9.59 Å². The van der Waals surface area contributed by atoms with Gasteiger partial charge in [0.2, 0.25) is 0 Å². The van der Waals surface area contributed by atoms with Gasteiger partial charge in [0.1, 0.15) is 0 Å². The van der Waals surface area contributed by atoms with Crippen LogP contribution < -0.4 is 0 Å². The zero-order chi connectivity index (χ0) is 21.8. The molecule has 0 spiro atoms. The van der Waals surface area contributed by atoms with Gasteiger partial charge in [-0.05, 0) is 67.6 Å². The lowest BCUT2D eigenvalue weighted by molar-refractivity contribution is -0.139. The number of thioether (sulfide) groups is 1. The molecule has 0 unspecified atom stereocenters. The van der Waals surface area contributed by atoms with Crippen LogP contribution in [0.1, 0.15) is 34.8 Å². The Morgan fingerprint density at radius 1 is 1.10 bits per heavy atom. The van der Waals surface area contributed by atoms with Crippen molar-refractivity contribution in [3.63, 3.8) is 0 Å². The summed E-state index contributed by atoms with van der Waals surface area (Å²) in [4.78, 5) is 24.6. The molecule has 0 saturated heterocycles. The van der Waals surface area contributed by atoms with E-state index in [2.05, 4.69) is 10.2 Å². The molecule has 31 heavy (non-hydrogen) atoms. The Bertz CT molecular complexity index is 1110. The first-order valence-electron chi connectivity index (χ1n) is 10.2. The van der Waals surface area contributed by atoms with Crippen LogP contribution in [0.3, 0.4) is 0 Å². The second-order valence-corrected chi connectivity index (χ2v) is 8.65. The van der Waals surface area contributed by atoms with E-state index in [1.54, 1.807) is 12.1 Å². The maximum atomic E-state index is 12.4. The summed E-state index contributed by atoms with van der Waals surface area (Å²) in [5, 5.41) is 9.72. The normalized spacial score (nSPS) is 12.6. The maximum absolute atomic E-state index is 12.4. The lowest BCUT2D eigenvalue weighted by Gasteiger charge is -2.08. The Morgan fingerprint density at radius 2 is 1.87 bits per heavy atom. The fourth-order valence-corrected chi connectivity index (χ4v) is 4.56. The number of esters is 1. The molecule has 6 nitrogen and oxygen atoms in total. The molecule has 0 atom stereocenters. The first-order chi connectivity index (χ1) is 15.0. The molecular formula is C23H22ClN3O3S. The van der Waals surface area contributed by atoms with Gasteiger partial charge in [0.05, 0.1) is 5.75 Å². The number of Topliss-reactive ketones (excluding diaryl/α,β-unsaturated/α-hetero) is 1. The molecule has 2 aromatic carbocycles. The fourth-order valence-electron chi connectivity index (χ4n) is 3.63. The summed E-state index contributed by atoms with van der Waals surface area (Å²) in [6, 6.07) is 13.1. The molecule has 0 amide bonds. The zero-order valence-electron chi connectivity index (χ0n) is 17.1. The molecule has 4 rings (SSSR count). The molecule has 0 saturated carbocycles. The topological polar surface area (TPSA) is 74.1 Å². The van der Waals surface area contributed by atoms with Gasteiger partial charge in [-0.2, -0.15) is 0 Å². The van der Waals surface area contributed by atoms with Crippen molar-refractivity contribution in [2.24, 2.45) is 0 Å². The fraction of sp³-hybridized carbons (Fsp3) is 0.304. The quantitative estimate of drug-likeness (QED) is 0.280. The molecule has 160 valence electrons. The van der Waals surface area contributed by atoms with Gasteiger partial charge in [-0.1, -0.05) is 35.5 Å². The number of hydrogen-bond acceptors (Lipinski definition) is 6. The van der Waals surface area contributed by atoms with Gasteiger partial charge in [0.15, 0.2) is 23.4 Å². The van der Waals surface area contributed by atoms with Gasteiger partial charge in [0, 0.05) is 22.7 Å². The van der Waals surface area contributed by atoms with Crippen LogP contribution in [0, 0.1) is 0 Å². The third kappa shape index (κ3) is 4.99. The highest BCUT2D eigenvalue weighted by atomic mass is 35.5. The Kier molecular flexibility index (Phi) is 6.73. The maximum Gasteiger partial charge on any atom is 0.316 e. The summed E-state index contributed by atoms with van der Waals surface area (Å²) in [7, 11) is 0. The molecule has 0 fully saturated rings. The standard InChI is InChI=1S/C23H22ClN3O3S/c1-2-27-22(16-8-10-19(24)11-9-16)25-26-23(27)31-14-21(29)30-13-20(28)18-7-6-15-4-3-5-17(15)12-18/h6-12H,2-5,13-14H2,1H3. The predicted octanol–water partition coefficient (Wildman–Crippen LogP) is 4.63. The Balaban J connectivity index is 1.32. The third-order valence-electron chi connectivity index (χ3n) is 5.24. The van der Waals surface area contributed by atoms with Crippen LogP contribution in [0.5, 0.6) is 0 Å². The first kappa shape index (κ1) is 21.6. The number of ether oxygens (including phenoxy) is 1. The number of rotatable bonds is 8. The number of benzene rings is 2. The van der Waals surface area contributed by atoms with E-state index in [4.69, 9.17) is 16.3 Å². The van der Waals surface area contributed by atoms with Crippen LogP contribution in [-0.2, 0) is 28.9 Å². The lowest BCUT2D eigenvalue weighted by atomic mass is 10.0. The highest BCUT2D eigenvalue weighted by molar-refractivity contribution is 7.99. The molecule has 1 heterocycles. The number of carbonyl (C=O) groups excluding carboxylic acids is 2. The molecule has 1 aromatic heterocycles. The van der Waals surface area contributed by atoms with Crippen LogP contribution in [0.25, 0.3) is 11.4 Å². The summed E-state index contributed by atoms with van der Waals surface area (Å²) in [6.45, 7) is 2.38. The SMILES string of the molecule is CCn1c(SCC(=O)OCC(=O)c2ccc3c(c2)CCC3)nnc1-c1ccc(Cl)cc1. The smallest absolute Gasteiger partial charge is 0.316 e. The van der Waals surface area contributed by atoms with Gasteiger partial charge >= 0.3 is 5.97 Å². The van der Waals surface area contributed by atoms with Crippen LogP contribution in [0.4, 0.5) is 0 Å². The molecular weight excluding hydrogens is 434 g/mol. The summed E-state index contributed by atoms with van der Waals surface area (Å²) < 4.78 is 7.12. The molecule has 3 aromatic rings. The number of carbonyl (C=O) groups is 2. The molecule has 0 aliphatic heterocycles. The third-order valence-corrected chi connectivity index (χ3v) is 6.43. The number of hydrogen-bond donors (Lipinski definition) is 0. The number of aromatic nitrogens is 3. The van der Waals surface area contributed by atoms with E-state index >= 15 is 0 Å². The van der Waals surface area contributed by atoms with Crippen molar-refractivity contribution in [2.75, 3.05) is 12.4 Å². The van der Waals surface area contributed by atoms with Gasteiger partial charge in [-0.15, -0.1) is 10.2 Å². The monoisotopic (exact) mass is 455 g/mol. The van der Waals surface area contributed by atoms with Crippen LogP contribution in [0.2, 0.25) is 5.02 Å².